The van der Waals surface area contributed by atoms with Crippen molar-refractivity contribution < 1.29 is 9.53 Å². The molecule has 0 fully saturated rings. The van der Waals surface area contributed by atoms with Gasteiger partial charge in [0.2, 0.25) is 0 Å². The van der Waals surface area contributed by atoms with Crippen molar-refractivity contribution in [3.8, 4) is 0 Å². The molecule has 0 bridgehead atoms. The molecular weight excluding hydrogens is 260 g/mol. The first kappa shape index (κ1) is 16.1. The van der Waals surface area contributed by atoms with Crippen LogP contribution in [0.5, 0.6) is 0 Å². The molecule has 1 aromatic rings. The quantitative estimate of drug-likeness (QED) is 0.530. The predicted octanol–water partition coefficient (Wildman–Crippen LogP) is 2.57. The maximum absolute atomic E-state index is 11.3. The summed E-state index contributed by atoms with van der Waals surface area (Å²) in [5, 5.41) is 6.45. The molecule has 0 atom stereocenters. The maximum atomic E-state index is 11.3. The highest BCUT2D eigenvalue weighted by Crippen LogP contribution is 2.11. The molecule has 0 aromatic carbocycles. The molecule has 0 saturated heterocycles. The van der Waals surface area contributed by atoms with E-state index in [1.54, 1.807) is 11.3 Å². The standard InChI is InChI=1S/C14H24N2O2S/c1-3-5-6-8-15-9-7-13-16-12(11-19-13)10-14(17)18-4-2/h11,15H,3-10H2,1-2H3. The highest BCUT2D eigenvalue weighted by molar-refractivity contribution is 7.09. The van der Waals surface area contributed by atoms with Gasteiger partial charge in [-0.25, -0.2) is 4.98 Å². The monoisotopic (exact) mass is 284 g/mol. The largest absolute Gasteiger partial charge is 0.466 e. The van der Waals surface area contributed by atoms with E-state index in [0.29, 0.717) is 6.61 Å². The zero-order valence-electron chi connectivity index (χ0n) is 11.9. The lowest BCUT2D eigenvalue weighted by atomic mass is 10.2. The van der Waals surface area contributed by atoms with Gasteiger partial charge in [-0.3, -0.25) is 4.79 Å². The van der Waals surface area contributed by atoms with Crippen LogP contribution in [0.1, 0.15) is 43.8 Å². The third-order valence-electron chi connectivity index (χ3n) is 2.70. The first-order valence-electron chi connectivity index (χ1n) is 7.05. The first-order chi connectivity index (χ1) is 9.26. The van der Waals surface area contributed by atoms with Gasteiger partial charge in [0.1, 0.15) is 0 Å². The Morgan fingerprint density at radius 2 is 2.21 bits per heavy atom. The van der Waals surface area contributed by atoms with Gasteiger partial charge in [0.15, 0.2) is 0 Å². The average Bonchev–Trinajstić information content (AvgIpc) is 2.81. The van der Waals surface area contributed by atoms with Crippen LogP contribution in [0.4, 0.5) is 0 Å². The van der Waals surface area contributed by atoms with Crippen molar-refractivity contribution in [1.29, 1.82) is 0 Å². The number of aromatic nitrogens is 1. The van der Waals surface area contributed by atoms with E-state index in [9.17, 15) is 4.79 Å². The zero-order valence-corrected chi connectivity index (χ0v) is 12.7. The van der Waals surface area contributed by atoms with Gasteiger partial charge in [-0.2, -0.15) is 0 Å². The number of ether oxygens (including phenoxy) is 1. The van der Waals surface area contributed by atoms with Crippen molar-refractivity contribution in [2.45, 2.75) is 46.0 Å². The summed E-state index contributed by atoms with van der Waals surface area (Å²) < 4.78 is 4.90. The minimum atomic E-state index is -0.197. The lowest BCUT2D eigenvalue weighted by Gasteiger charge is -2.02. The van der Waals surface area contributed by atoms with E-state index in [2.05, 4.69) is 17.2 Å². The summed E-state index contributed by atoms with van der Waals surface area (Å²) in [5.41, 5.74) is 0.824. The van der Waals surface area contributed by atoms with Crippen LogP contribution < -0.4 is 5.32 Å². The van der Waals surface area contributed by atoms with Gasteiger partial charge in [-0.1, -0.05) is 19.8 Å². The summed E-state index contributed by atoms with van der Waals surface area (Å²) >= 11 is 1.62. The summed E-state index contributed by atoms with van der Waals surface area (Å²) in [7, 11) is 0. The SMILES string of the molecule is CCCCCNCCc1nc(CC(=O)OCC)cs1. The second-order valence-corrected chi connectivity index (χ2v) is 5.36. The Bertz CT molecular complexity index is 366. The van der Waals surface area contributed by atoms with Gasteiger partial charge in [0, 0.05) is 18.3 Å². The molecule has 108 valence electrons. The van der Waals surface area contributed by atoms with E-state index in [1.165, 1.54) is 19.3 Å². The summed E-state index contributed by atoms with van der Waals surface area (Å²) in [6.45, 7) is 6.48. The van der Waals surface area contributed by atoms with Crippen LogP contribution in [0.2, 0.25) is 0 Å². The lowest BCUT2D eigenvalue weighted by Crippen LogP contribution is -2.18. The molecule has 4 nitrogen and oxygen atoms in total. The Morgan fingerprint density at radius 1 is 1.37 bits per heavy atom. The van der Waals surface area contributed by atoms with Crippen molar-refractivity contribution >= 4 is 17.3 Å². The molecule has 0 radical (unpaired) electrons. The fraction of sp³-hybridized carbons (Fsp3) is 0.714. The molecule has 0 spiro atoms. The highest BCUT2D eigenvalue weighted by atomic mass is 32.1. The average molecular weight is 284 g/mol. The van der Waals surface area contributed by atoms with Gasteiger partial charge in [0.05, 0.1) is 23.7 Å². The van der Waals surface area contributed by atoms with E-state index in [-0.39, 0.29) is 12.4 Å². The maximum Gasteiger partial charge on any atom is 0.311 e. The van der Waals surface area contributed by atoms with Crippen molar-refractivity contribution in [3.63, 3.8) is 0 Å². The van der Waals surface area contributed by atoms with Crippen LogP contribution in [0.3, 0.4) is 0 Å². The van der Waals surface area contributed by atoms with Gasteiger partial charge in [-0.15, -0.1) is 11.3 Å². The van der Waals surface area contributed by atoms with E-state index in [1.807, 2.05) is 12.3 Å². The number of unbranched alkanes of at least 4 members (excludes halogenated alkanes) is 2. The van der Waals surface area contributed by atoms with Gasteiger partial charge in [0.25, 0.3) is 0 Å². The minimum Gasteiger partial charge on any atom is -0.466 e. The number of carbonyl (C=O) groups is 1. The number of rotatable bonds is 10. The molecule has 0 aliphatic heterocycles. The molecule has 0 saturated carbocycles. The van der Waals surface area contributed by atoms with Crippen LogP contribution in [-0.2, 0) is 22.4 Å². The molecule has 19 heavy (non-hydrogen) atoms. The summed E-state index contributed by atoms with van der Waals surface area (Å²) in [5.74, 6) is -0.197. The Labute approximate surface area is 119 Å². The third kappa shape index (κ3) is 7.28. The number of hydrogen-bond donors (Lipinski definition) is 1. The van der Waals surface area contributed by atoms with Crippen LogP contribution in [0, 0.1) is 0 Å². The van der Waals surface area contributed by atoms with Gasteiger partial charge < -0.3 is 10.1 Å². The first-order valence-corrected chi connectivity index (χ1v) is 7.93. The lowest BCUT2D eigenvalue weighted by molar-refractivity contribution is -0.142. The molecule has 0 unspecified atom stereocenters. The van der Waals surface area contributed by atoms with Gasteiger partial charge in [-0.05, 0) is 19.9 Å². The Kier molecular flexibility index (Phi) is 8.41. The van der Waals surface area contributed by atoms with Crippen molar-refractivity contribution in [1.82, 2.24) is 10.3 Å². The molecule has 0 aliphatic rings. The molecule has 0 amide bonds. The van der Waals surface area contributed by atoms with E-state index >= 15 is 0 Å². The van der Waals surface area contributed by atoms with Crippen LogP contribution in [0.25, 0.3) is 0 Å². The zero-order chi connectivity index (χ0) is 13.9. The fourth-order valence-corrected chi connectivity index (χ4v) is 2.52. The third-order valence-corrected chi connectivity index (χ3v) is 3.66. The Balaban J connectivity index is 2.18. The molecule has 1 N–H and O–H groups in total. The number of thiazole rings is 1. The van der Waals surface area contributed by atoms with Crippen LogP contribution in [-0.4, -0.2) is 30.6 Å². The van der Waals surface area contributed by atoms with Crippen molar-refractivity contribution in [2.24, 2.45) is 0 Å². The van der Waals surface area contributed by atoms with Crippen molar-refractivity contribution in [3.05, 3.63) is 16.1 Å². The molecule has 1 rings (SSSR count). The molecule has 5 heteroatoms. The topological polar surface area (TPSA) is 51.2 Å². The number of nitrogens with one attached hydrogen (secondary N) is 1. The molecule has 1 heterocycles. The second-order valence-electron chi connectivity index (χ2n) is 4.42. The fourth-order valence-electron chi connectivity index (χ4n) is 1.73. The second kappa shape index (κ2) is 9.92. The summed E-state index contributed by atoms with van der Waals surface area (Å²) in [4.78, 5) is 15.8. The minimum absolute atomic E-state index is 0.197. The number of carbonyl (C=O) groups excluding carboxylic acids is 1. The van der Waals surface area contributed by atoms with E-state index in [0.717, 1.165) is 30.2 Å². The van der Waals surface area contributed by atoms with E-state index < -0.39 is 0 Å². The number of esters is 1. The Hall–Kier alpha value is -0.940. The normalized spacial score (nSPS) is 10.6. The Morgan fingerprint density at radius 3 is 2.95 bits per heavy atom. The van der Waals surface area contributed by atoms with Crippen LogP contribution >= 0.6 is 11.3 Å². The van der Waals surface area contributed by atoms with Crippen LogP contribution in [0.15, 0.2) is 5.38 Å². The van der Waals surface area contributed by atoms with Gasteiger partial charge >= 0.3 is 5.97 Å². The molecular formula is C14H24N2O2S. The smallest absolute Gasteiger partial charge is 0.311 e. The summed E-state index contributed by atoms with van der Waals surface area (Å²) in [6.07, 6.45) is 5.00. The molecule has 0 aliphatic carbocycles. The van der Waals surface area contributed by atoms with Crippen molar-refractivity contribution in [2.75, 3.05) is 19.7 Å². The predicted molar refractivity (Wildman–Crippen MR) is 78.5 cm³/mol. The highest BCUT2D eigenvalue weighted by Gasteiger charge is 2.08. The number of hydrogen-bond acceptors (Lipinski definition) is 5. The van der Waals surface area contributed by atoms with E-state index in [4.69, 9.17) is 4.74 Å². The summed E-state index contributed by atoms with van der Waals surface area (Å²) in [6, 6.07) is 0. The number of nitrogens with zero attached hydrogens (tertiary/aromatic N) is 1. The molecule has 1 aromatic heterocycles.